The topological polar surface area (TPSA) is 78.7 Å². The molecule has 1 aliphatic carbocycles. The molecule has 0 bridgehead atoms. The molecule has 0 aliphatic heterocycles. The van der Waals surface area contributed by atoms with E-state index in [1.54, 1.807) is 12.4 Å². The highest BCUT2D eigenvalue weighted by Crippen LogP contribution is 2.37. The van der Waals surface area contributed by atoms with E-state index in [4.69, 9.17) is 0 Å². The van der Waals surface area contributed by atoms with Crippen LogP contribution < -0.4 is 5.32 Å². The Balaban J connectivity index is 1.59. The van der Waals surface area contributed by atoms with Crippen molar-refractivity contribution in [2.75, 3.05) is 11.1 Å². The van der Waals surface area contributed by atoms with Gasteiger partial charge in [-0.05, 0) is 55.5 Å². The number of aromatic nitrogens is 2. The molecule has 0 saturated carbocycles. The normalized spacial score (nSPS) is 13.2. The zero-order valence-electron chi connectivity index (χ0n) is 17.4. The fourth-order valence-electron chi connectivity index (χ4n) is 3.86. The monoisotopic (exact) mass is 468 g/mol. The van der Waals surface area contributed by atoms with Crippen LogP contribution in [-0.2, 0) is 23.8 Å². The predicted octanol–water partition coefficient (Wildman–Crippen LogP) is 5.64. The summed E-state index contributed by atoms with van der Waals surface area (Å²) in [4.78, 5) is 21.3. The number of anilines is 1. The van der Waals surface area contributed by atoms with E-state index < -0.39 is 17.6 Å². The van der Waals surface area contributed by atoms with Gasteiger partial charge in [-0.1, -0.05) is 23.9 Å². The second-order valence-electron chi connectivity index (χ2n) is 7.57. The number of halogens is 3. The molecule has 0 radical (unpaired) electrons. The molecule has 5 nitrogen and oxygen atoms in total. The van der Waals surface area contributed by atoms with Crippen molar-refractivity contribution in [3.63, 3.8) is 0 Å². The highest BCUT2D eigenvalue weighted by Gasteiger charge is 2.30. The van der Waals surface area contributed by atoms with Crippen molar-refractivity contribution in [2.24, 2.45) is 0 Å². The van der Waals surface area contributed by atoms with Crippen molar-refractivity contribution in [2.45, 2.75) is 36.9 Å². The number of pyridine rings is 2. The molecule has 1 N–H and O–H groups in total. The van der Waals surface area contributed by atoms with Crippen LogP contribution in [0.15, 0.2) is 53.8 Å². The maximum Gasteiger partial charge on any atom is 0.416 e. The molecule has 0 saturated heterocycles. The summed E-state index contributed by atoms with van der Waals surface area (Å²) in [7, 11) is 0. The van der Waals surface area contributed by atoms with Crippen LogP contribution in [0.5, 0.6) is 0 Å². The number of rotatable bonds is 5. The molecular weight excluding hydrogens is 449 g/mol. The number of carbonyl (C=O) groups is 1. The third-order valence-corrected chi connectivity index (χ3v) is 6.29. The van der Waals surface area contributed by atoms with Crippen LogP contribution in [0.25, 0.3) is 11.1 Å². The summed E-state index contributed by atoms with van der Waals surface area (Å²) in [5.41, 5.74) is 3.20. The Morgan fingerprint density at radius 2 is 2.00 bits per heavy atom. The Bertz CT molecular complexity index is 1220. The van der Waals surface area contributed by atoms with E-state index in [9.17, 15) is 23.2 Å². The summed E-state index contributed by atoms with van der Waals surface area (Å²) < 4.78 is 38.7. The zero-order valence-corrected chi connectivity index (χ0v) is 18.3. The van der Waals surface area contributed by atoms with Crippen molar-refractivity contribution in [3.05, 3.63) is 71.2 Å². The lowest BCUT2D eigenvalue weighted by molar-refractivity contribution is -0.137. The molecule has 0 spiro atoms. The van der Waals surface area contributed by atoms with Gasteiger partial charge in [0.05, 0.1) is 16.9 Å². The minimum absolute atomic E-state index is 0.0605. The number of nitrogens with one attached hydrogen (secondary N) is 1. The Morgan fingerprint density at radius 3 is 2.73 bits per heavy atom. The van der Waals surface area contributed by atoms with Crippen LogP contribution >= 0.6 is 11.8 Å². The average Bonchev–Trinajstić information content (AvgIpc) is 2.82. The van der Waals surface area contributed by atoms with Gasteiger partial charge < -0.3 is 5.32 Å². The predicted molar refractivity (Wildman–Crippen MR) is 120 cm³/mol. The first-order chi connectivity index (χ1) is 15.9. The first-order valence-electron chi connectivity index (χ1n) is 10.3. The number of carbonyl (C=O) groups excluding carboxylic acids is 1. The molecule has 1 aliphatic rings. The summed E-state index contributed by atoms with van der Waals surface area (Å²) >= 11 is 1.10. The van der Waals surface area contributed by atoms with Gasteiger partial charge in [-0.15, -0.1) is 0 Å². The molecule has 0 atom stereocenters. The van der Waals surface area contributed by atoms with E-state index >= 15 is 0 Å². The van der Waals surface area contributed by atoms with Crippen LogP contribution in [0.4, 0.5) is 18.9 Å². The van der Waals surface area contributed by atoms with Gasteiger partial charge in [0.2, 0.25) is 5.91 Å². The minimum Gasteiger partial charge on any atom is -0.325 e. The standard InChI is InChI=1S/C24H19F3N4OS/c25-24(26,27)16-6-3-7-17(11-16)30-21(32)14-33-23-19(12-28)22(15-5-4-10-29-13-15)18-8-1-2-9-20(18)31-23/h3-7,10-11,13H,1-2,8-9,14H2,(H,30,32). The van der Waals surface area contributed by atoms with Crippen LogP contribution in [0.1, 0.15) is 35.2 Å². The first kappa shape index (κ1) is 22.8. The number of alkyl halides is 3. The Kier molecular flexibility index (Phi) is 6.65. The fraction of sp³-hybridized carbons (Fsp3) is 0.250. The second kappa shape index (κ2) is 9.63. The number of hydrogen-bond donors (Lipinski definition) is 1. The lowest BCUT2D eigenvalue weighted by Gasteiger charge is -2.21. The van der Waals surface area contributed by atoms with Gasteiger partial charge >= 0.3 is 6.18 Å². The van der Waals surface area contributed by atoms with Gasteiger partial charge in [0, 0.05) is 34.9 Å². The number of hydrogen-bond acceptors (Lipinski definition) is 5. The van der Waals surface area contributed by atoms with Crippen LogP contribution in [0, 0.1) is 11.3 Å². The maximum absolute atomic E-state index is 12.9. The third kappa shape index (κ3) is 5.17. The Labute approximate surface area is 193 Å². The Hall–Kier alpha value is -3.38. The van der Waals surface area contributed by atoms with Crippen molar-refractivity contribution >= 4 is 23.4 Å². The van der Waals surface area contributed by atoms with E-state index in [1.807, 2.05) is 12.1 Å². The zero-order chi connectivity index (χ0) is 23.4. The van der Waals surface area contributed by atoms with Crippen molar-refractivity contribution in [1.29, 1.82) is 5.26 Å². The largest absolute Gasteiger partial charge is 0.416 e. The van der Waals surface area contributed by atoms with Crippen molar-refractivity contribution in [3.8, 4) is 17.2 Å². The molecule has 2 aromatic heterocycles. The number of nitriles is 1. The van der Waals surface area contributed by atoms with Gasteiger partial charge in [-0.3, -0.25) is 9.78 Å². The molecule has 9 heteroatoms. The van der Waals surface area contributed by atoms with Crippen LogP contribution in [0.2, 0.25) is 0 Å². The highest BCUT2D eigenvalue weighted by molar-refractivity contribution is 8.00. The number of nitrogens with zero attached hydrogens (tertiary/aromatic N) is 3. The van der Waals surface area contributed by atoms with Crippen LogP contribution in [-0.4, -0.2) is 21.6 Å². The average molecular weight is 469 g/mol. The van der Waals surface area contributed by atoms with Crippen LogP contribution in [0.3, 0.4) is 0 Å². The van der Waals surface area contributed by atoms with Gasteiger partial charge in [0.1, 0.15) is 11.1 Å². The molecular formula is C24H19F3N4OS. The van der Waals surface area contributed by atoms with E-state index in [0.717, 1.165) is 72.0 Å². The smallest absolute Gasteiger partial charge is 0.325 e. The molecule has 4 rings (SSSR count). The molecule has 1 aromatic carbocycles. The molecule has 0 unspecified atom stereocenters. The number of benzene rings is 1. The van der Waals surface area contributed by atoms with Gasteiger partial charge in [-0.2, -0.15) is 18.4 Å². The first-order valence-corrected chi connectivity index (χ1v) is 11.3. The van der Waals surface area contributed by atoms with E-state index in [2.05, 4.69) is 21.4 Å². The van der Waals surface area contributed by atoms with Crippen molar-refractivity contribution < 1.29 is 18.0 Å². The summed E-state index contributed by atoms with van der Waals surface area (Å²) in [6.45, 7) is 0. The lowest BCUT2D eigenvalue weighted by atomic mass is 9.87. The minimum atomic E-state index is -4.49. The molecule has 2 heterocycles. The number of fused-ring (bicyclic) bond motifs is 1. The number of amides is 1. The summed E-state index contributed by atoms with van der Waals surface area (Å²) in [5.74, 6) is -0.575. The second-order valence-corrected chi connectivity index (χ2v) is 8.53. The van der Waals surface area contributed by atoms with E-state index in [0.29, 0.717) is 10.6 Å². The number of aryl methyl sites for hydroxylation is 1. The molecule has 168 valence electrons. The Morgan fingerprint density at radius 1 is 1.18 bits per heavy atom. The summed E-state index contributed by atoms with van der Waals surface area (Å²) in [5, 5.41) is 12.9. The summed E-state index contributed by atoms with van der Waals surface area (Å²) in [6.07, 6.45) is 2.50. The third-order valence-electron chi connectivity index (χ3n) is 5.32. The van der Waals surface area contributed by atoms with Crippen molar-refractivity contribution in [1.82, 2.24) is 9.97 Å². The SMILES string of the molecule is N#Cc1c(SCC(=O)Nc2cccc(C(F)(F)F)c2)nc2c(c1-c1cccnc1)CCCC2. The van der Waals surface area contributed by atoms with E-state index in [1.165, 1.54) is 12.1 Å². The molecule has 0 fully saturated rings. The molecule has 33 heavy (non-hydrogen) atoms. The number of thioether (sulfide) groups is 1. The summed E-state index contributed by atoms with van der Waals surface area (Å²) in [6, 6.07) is 10.4. The van der Waals surface area contributed by atoms with E-state index in [-0.39, 0.29) is 11.4 Å². The molecule has 1 amide bonds. The highest BCUT2D eigenvalue weighted by atomic mass is 32.2. The van der Waals surface area contributed by atoms with Gasteiger partial charge in [0.15, 0.2) is 0 Å². The van der Waals surface area contributed by atoms with Gasteiger partial charge in [0.25, 0.3) is 0 Å². The quantitative estimate of drug-likeness (QED) is 0.490. The molecule has 3 aromatic rings. The fourth-order valence-corrected chi connectivity index (χ4v) is 4.67. The van der Waals surface area contributed by atoms with Gasteiger partial charge in [-0.25, -0.2) is 4.98 Å². The maximum atomic E-state index is 12.9. The lowest BCUT2D eigenvalue weighted by Crippen LogP contribution is -2.16.